The molecule has 0 aliphatic carbocycles. The summed E-state index contributed by atoms with van der Waals surface area (Å²) in [6.45, 7) is 0.802. The summed E-state index contributed by atoms with van der Waals surface area (Å²) in [5, 5.41) is 8.64. The SMILES string of the molecule is Cn1c(Nc2cc(C(F)(F)F)ccc2F)nc2cc(Oc3ccnc(NC(=O)C4CCCCN4)c3)ccc21. The van der Waals surface area contributed by atoms with Crippen LogP contribution in [0, 0.1) is 5.82 Å². The van der Waals surface area contributed by atoms with Gasteiger partial charge in [0.05, 0.1) is 28.3 Å². The topological polar surface area (TPSA) is 93.1 Å². The number of aromatic nitrogens is 3. The molecule has 198 valence electrons. The Bertz CT molecular complexity index is 1480. The molecular weight excluding hydrogens is 504 g/mol. The van der Waals surface area contributed by atoms with Crippen molar-refractivity contribution >= 4 is 34.4 Å². The van der Waals surface area contributed by atoms with E-state index in [-0.39, 0.29) is 23.6 Å². The van der Waals surface area contributed by atoms with E-state index in [2.05, 4.69) is 25.9 Å². The van der Waals surface area contributed by atoms with Crippen molar-refractivity contribution in [1.29, 1.82) is 0 Å². The van der Waals surface area contributed by atoms with Gasteiger partial charge in [-0.25, -0.2) is 14.4 Å². The molecule has 1 unspecified atom stereocenters. The van der Waals surface area contributed by atoms with Gasteiger partial charge in [-0.15, -0.1) is 0 Å². The van der Waals surface area contributed by atoms with Gasteiger partial charge in [-0.05, 0) is 55.8 Å². The van der Waals surface area contributed by atoms with Gasteiger partial charge in [-0.3, -0.25) is 4.79 Å². The van der Waals surface area contributed by atoms with E-state index in [1.165, 1.54) is 6.20 Å². The number of halogens is 4. The zero-order valence-corrected chi connectivity index (χ0v) is 20.3. The number of hydrogen-bond donors (Lipinski definition) is 3. The van der Waals surface area contributed by atoms with Gasteiger partial charge in [0.1, 0.15) is 23.1 Å². The quantitative estimate of drug-likeness (QED) is 0.276. The van der Waals surface area contributed by atoms with Crippen molar-refractivity contribution in [2.75, 3.05) is 17.2 Å². The monoisotopic (exact) mass is 528 g/mol. The number of imidazole rings is 1. The molecule has 5 rings (SSSR count). The largest absolute Gasteiger partial charge is 0.457 e. The van der Waals surface area contributed by atoms with E-state index < -0.39 is 17.6 Å². The van der Waals surface area contributed by atoms with E-state index in [4.69, 9.17) is 4.74 Å². The minimum atomic E-state index is -4.61. The summed E-state index contributed by atoms with van der Waals surface area (Å²) in [6.07, 6.45) is -0.284. The zero-order valence-electron chi connectivity index (χ0n) is 20.3. The van der Waals surface area contributed by atoms with Crippen LogP contribution in [0.4, 0.5) is 35.0 Å². The van der Waals surface area contributed by atoms with Crippen LogP contribution in [0.15, 0.2) is 54.7 Å². The summed E-state index contributed by atoms with van der Waals surface area (Å²) < 4.78 is 61.0. The van der Waals surface area contributed by atoms with Crippen LogP contribution >= 0.6 is 0 Å². The lowest BCUT2D eigenvalue weighted by Crippen LogP contribution is -2.43. The van der Waals surface area contributed by atoms with Gasteiger partial charge in [-0.1, -0.05) is 6.42 Å². The van der Waals surface area contributed by atoms with Gasteiger partial charge in [0.15, 0.2) is 0 Å². The fourth-order valence-corrected chi connectivity index (χ4v) is 4.24. The fourth-order valence-electron chi connectivity index (χ4n) is 4.24. The van der Waals surface area contributed by atoms with Gasteiger partial charge in [-0.2, -0.15) is 13.2 Å². The maximum Gasteiger partial charge on any atom is 0.416 e. The molecule has 1 saturated heterocycles. The molecule has 1 aliphatic heterocycles. The summed E-state index contributed by atoms with van der Waals surface area (Å²) in [5.74, 6) is 0.390. The molecule has 1 aliphatic rings. The molecule has 12 heteroatoms. The highest BCUT2D eigenvalue weighted by Gasteiger charge is 2.31. The third-order valence-corrected chi connectivity index (χ3v) is 6.24. The number of benzene rings is 2. The molecule has 2 aromatic carbocycles. The number of pyridine rings is 1. The molecule has 1 atom stereocenters. The third kappa shape index (κ3) is 5.54. The second kappa shape index (κ2) is 10.3. The van der Waals surface area contributed by atoms with Crippen molar-refractivity contribution in [3.63, 3.8) is 0 Å². The van der Waals surface area contributed by atoms with Crippen molar-refractivity contribution < 1.29 is 27.1 Å². The lowest BCUT2D eigenvalue weighted by atomic mass is 10.0. The van der Waals surface area contributed by atoms with Crippen molar-refractivity contribution in [3.05, 3.63) is 66.1 Å². The maximum atomic E-state index is 14.2. The molecule has 0 spiro atoms. The summed E-state index contributed by atoms with van der Waals surface area (Å²) in [6, 6.07) is 10.2. The summed E-state index contributed by atoms with van der Waals surface area (Å²) in [4.78, 5) is 21.1. The normalized spacial score (nSPS) is 15.9. The van der Waals surface area contributed by atoms with Crippen LogP contribution in [-0.2, 0) is 18.0 Å². The molecule has 1 amide bonds. The number of nitrogens with one attached hydrogen (secondary N) is 3. The number of rotatable bonds is 6. The molecule has 2 aromatic heterocycles. The standard InChI is InChI=1S/C26H24F4N6O2/c1-36-22-8-6-16(38-17-9-11-32-23(14-17)35-24(37)19-4-2-3-10-31-19)13-21(22)34-25(36)33-20-12-15(26(28,29)30)5-7-18(20)27/h5-9,11-14,19,31H,2-4,10H2,1H3,(H,33,34)(H,32,35,37). The Morgan fingerprint density at radius 3 is 2.68 bits per heavy atom. The summed E-state index contributed by atoms with van der Waals surface area (Å²) in [5.41, 5.74) is -0.191. The van der Waals surface area contributed by atoms with Crippen molar-refractivity contribution in [2.24, 2.45) is 7.05 Å². The number of anilines is 3. The number of nitrogens with zero attached hydrogens (tertiary/aromatic N) is 3. The van der Waals surface area contributed by atoms with Gasteiger partial charge in [0, 0.05) is 25.4 Å². The minimum Gasteiger partial charge on any atom is -0.457 e. The lowest BCUT2D eigenvalue weighted by molar-refractivity contribution is -0.137. The van der Waals surface area contributed by atoms with Gasteiger partial charge < -0.3 is 25.3 Å². The fraction of sp³-hybridized carbons (Fsp3) is 0.269. The number of ether oxygens (including phenoxy) is 1. The Kier molecular flexibility index (Phi) is 6.89. The van der Waals surface area contributed by atoms with Crippen LogP contribution in [0.2, 0.25) is 0 Å². The Balaban J connectivity index is 1.33. The first-order chi connectivity index (χ1) is 18.2. The summed E-state index contributed by atoms with van der Waals surface area (Å²) in [7, 11) is 1.66. The van der Waals surface area contributed by atoms with Crippen LogP contribution in [0.3, 0.4) is 0 Å². The molecule has 0 bridgehead atoms. The maximum absolute atomic E-state index is 14.2. The highest BCUT2D eigenvalue weighted by atomic mass is 19.4. The molecule has 4 aromatic rings. The molecule has 0 saturated carbocycles. The molecular formula is C26H24F4N6O2. The second-order valence-electron chi connectivity index (χ2n) is 8.93. The predicted molar refractivity (Wildman–Crippen MR) is 134 cm³/mol. The number of carbonyl (C=O) groups excluding carboxylic acids is 1. The smallest absolute Gasteiger partial charge is 0.416 e. The molecule has 8 nitrogen and oxygen atoms in total. The number of amides is 1. The molecule has 0 radical (unpaired) electrons. The highest BCUT2D eigenvalue weighted by molar-refractivity contribution is 5.94. The van der Waals surface area contributed by atoms with E-state index in [1.807, 2.05) is 0 Å². The van der Waals surface area contributed by atoms with Crippen LogP contribution in [0.5, 0.6) is 11.5 Å². The Hall–Kier alpha value is -4.19. The average Bonchev–Trinajstić information content (AvgIpc) is 3.19. The average molecular weight is 529 g/mol. The van der Waals surface area contributed by atoms with E-state index in [1.54, 1.807) is 41.9 Å². The Labute approximate surface area is 215 Å². The lowest BCUT2D eigenvalue weighted by Gasteiger charge is -2.22. The number of piperidine rings is 1. The number of fused-ring (bicyclic) bond motifs is 1. The number of aryl methyl sites for hydroxylation is 1. The van der Waals surface area contributed by atoms with Crippen molar-refractivity contribution in [2.45, 2.75) is 31.5 Å². The van der Waals surface area contributed by atoms with E-state index in [0.29, 0.717) is 40.5 Å². The Morgan fingerprint density at radius 2 is 1.92 bits per heavy atom. The minimum absolute atomic E-state index is 0.151. The Morgan fingerprint density at radius 1 is 1.11 bits per heavy atom. The first-order valence-corrected chi connectivity index (χ1v) is 12.0. The highest BCUT2D eigenvalue weighted by Crippen LogP contribution is 2.34. The molecule has 3 N–H and O–H groups in total. The van der Waals surface area contributed by atoms with E-state index in [0.717, 1.165) is 31.9 Å². The van der Waals surface area contributed by atoms with Crippen LogP contribution in [-0.4, -0.2) is 33.0 Å². The first kappa shape index (κ1) is 25.5. The van der Waals surface area contributed by atoms with Crippen molar-refractivity contribution in [1.82, 2.24) is 19.9 Å². The van der Waals surface area contributed by atoms with Gasteiger partial charge >= 0.3 is 6.18 Å². The van der Waals surface area contributed by atoms with Crippen LogP contribution in [0.25, 0.3) is 11.0 Å². The van der Waals surface area contributed by atoms with Crippen LogP contribution in [0.1, 0.15) is 24.8 Å². The molecule has 1 fully saturated rings. The van der Waals surface area contributed by atoms with Gasteiger partial charge in [0.25, 0.3) is 0 Å². The van der Waals surface area contributed by atoms with Crippen LogP contribution < -0.4 is 20.7 Å². The number of hydrogen-bond acceptors (Lipinski definition) is 6. The van der Waals surface area contributed by atoms with Gasteiger partial charge in [0.2, 0.25) is 11.9 Å². The summed E-state index contributed by atoms with van der Waals surface area (Å²) >= 11 is 0. The second-order valence-corrected chi connectivity index (χ2v) is 8.93. The first-order valence-electron chi connectivity index (χ1n) is 12.0. The predicted octanol–water partition coefficient (Wildman–Crippen LogP) is 5.74. The number of carbonyl (C=O) groups is 1. The number of alkyl halides is 3. The third-order valence-electron chi connectivity index (χ3n) is 6.24. The zero-order chi connectivity index (χ0) is 26.9. The van der Waals surface area contributed by atoms with Crippen molar-refractivity contribution in [3.8, 4) is 11.5 Å². The van der Waals surface area contributed by atoms with E-state index >= 15 is 0 Å². The molecule has 3 heterocycles. The molecule has 38 heavy (non-hydrogen) atoms. The van der Waals surface area contributed by atoms with E-state index in [9.17, 15) is 22.4 Å².